The van der Waals surface area contributed by atoms with E-state index in [4.69, 9.17) is 0 Å². The number of aliphatic hydroxyl groups is 1. The van der Waals surface area contributed by atoms with E-state index in [1.165, 1.54) is 22.3 Å². The molecule has 2 saturated carbocycles. The third-order valence-corrected chi connectivity index (χ3v) is 8.66. The molecule has 154 valence electrons. The molecule has 5 atom stereocenters. The first-order valence-corrected chi connectivity index (χ1v) is 11.6. The Labute approximate surface area is 175 Å². The van der Waals surface area contributed by atoms with Gasteiger partial charge < -0.3 is 5.11 Å². The second-order valence-electron chi connectivity index (χ2n) is 10.5. The molecule has 0 amide bonds. The Balaban J connectivity index is 1.68. The van der Waals surface area contributed by atoms with Crippen molar-refractivity contribution in [1.82, 2.24) is 0 Å². The Morgan fingerprint density at radius 2 is 1.93 bits per heavy atom. The number of carbonyl (C=O) groups is 1. The van der Waals surface area contributed by atoms with Crippen LogP contribution < -0.4 is 0 Å². The van der Waals surface area contributed by atoms with Crippen molar-refractivity contribution in [3.05, 3.63) is 58.2 Å². The van der Waals surface area contributed by atoms with Crippen molar-refractivity contribution in [3.63, 3.8) is 0 Å². The number of rotatable bonds is 2. The molecule has 0 bridgehead atoms. The fraction of sp³-hybridized carbons (Fsp3) is 0.593. The van der Waals surface area contributed by atoms with Gasteiger partial charge in [-0.15, -0.1) is 0 Å². The van der Waals surface area contributed by atoms with Crippen LogP contribution in [0.5, 0.6) is 0 Å². The summed E-state index contributed by atoms with van der Waals surface area (Å²) in [6, 6.07) is 9.18. The lowest BCUT2D eigenvalue weighted by Gasteiger charge is -2.52. The molecule has 2 fully saturated rings. The first-order valence-electron chi connectivity index (χ1n) is 11.6. The van der Waals surface area contributed by atoms with E-state index < -0.39 is 0 Å². The van der Waals surface area contributed by atoms with E-state index in [1.807, 2.05) is 6.08 Å². The minimum absolute atomic E-state index is 0.0128. The van der Waals surface area contributed by atoms with Crippen LogP contribution in [-0.4, -0.2) is 17.0 Å². The second kappa shape index (κ2) is 6.94. The van der Waals surface area contributed by atoms with Crippen LogP contribution in [0.4, 0.5) is 0 Å². The van der Waals surface area contributed by atoms with Crippen molar-refractivity contribution in [2.24, 2.45) is 17.3 Å². The van der Waals surface area contributed by atoms with Gasteiger partial charge in [-0.05, 0) is 90.0 Å². The molecule has 1 N–H and O–H groups in total. The molecule has 1 aromatic carbocycles. The number of carbonyl (C=O) groups excluding carboxylic acids is 1. The molecule has 4 aliphatic carbocycles. The van der Waals surface area contributed by atoms with Gasteiger partial charge in [0, 0.05) is 12.3 Å². The van der Waals surface area contributed by atoms with Crippen LogP contribution in [0.15, 0.2) is 47.1 Å². The first kappa shape index (κ1) is 19.3. The van der Waals surface area contributed by atoms with Gasteiger partial charge in [-0.2, -0.15) is 0 Å². The molecule has 0 saturated heterocycles. The SMILES string of the molecule is CC(C)c1cccc(C2CC3(C)C(O)CCC3C3CCC4=CC(=O)CCC4=C23)c1. The number of fused-ring (bicyclic) bond motifs is 4. The highest BCUT2D eigenvalue weighted by atomic mass is 16.3. The normalized spacial score (nSPS) is 36.6. The molecule has 0 heterocycles. The van der Waals surface area contributed by atoms with E-state index >= 15 is 0 Å². The van der Waals surface area contributed by atoms with Gasteiger partial charge in [0.15, 0.2) is 5.78 Å². The number of ketones is 1. The minimum Gasteiger partial charge on any atom is -0.393 e. The zero-order valence-electron chi connectivity index (χ0n) is 18.1. The number of hydrogen-bond donors (Lipinski definition) is 1. The van der Waals surface area contributed by atoms with E-state index in [-0.39, 0.29) is 11.5 Å². The van der Waals surface area contributed by atoms with Gasteiger partial charge in [-0.3, -0.25) is 4.79 Å². The van der Waals surface area contributed by atoms with Crippen LogP contribution in [0.25, 0.3) is 0 Å². The van der Waals surface area contributed by atoms with Crippen LogP contribution >= 0.6 is 0 Å². The van der Waals surface area contributed by atoms with E-state index in [0.29, 0.717) is 35.9 Å². The van der Waals surface area contributed by atoms with Crippen LogP contribution in [0.1, 0.15) is 88.7 Å². The van der Waals surface area contributed by atoms with Crippen molar-refractivity contribution in [1.29, 1.82) is 0 Å². The van der Waals surface area contributed by atoms with Crippen molar-refractivity contribution < 1.29 is 9.90 Å². The molecule has 2 heteroatoms. The van der Waals surface area contributed by atoms with Crippen molar-refractivity contribution >= 4 is 5.78 Å². The van der Waals surface area contributed by atoms with Crippen LogP contribution in [0.3, 0.4) is 0 Å². The highest BCUT2D eigenvalue weighted by molar-refractivity contribution is 5.93. The van der Waals surface area contributed by atoms with Gasteiger partial charge in [-0.1, -0.05) is 50.6 Å². The van der Waals surface area contributed by atoms with E-state index in [0.717, 1.165) is 38.5 Å². The third kappa shape index (κ3) is 2.98. The molecular weight excluding hydrogens is 356 g/mol. The molecule has 1 aromatic rings. The predicted molar refractivity (Wildman–Crippen MR) is 117 cm³/mol. The molecule has 0 spiro atoms. The predicted octanol–water partition coefficient (Wildman–Crippen LogP) is 6.07. The van der Waals surface area contributed by atoms with Crippen LogP contribution in [0, 0.1) is 17.3 Å². The second-order valence-corrected chi connectivity index (χ2v) is 10.5. The minimum atomic E-state index is -0.181. The smallest absolute Gasteiger partial charge is 0.156 e. The summed E-state index contributed by atoms with van der Waals surface area (Å²) in [4.78, 5) is 12.1. The maximum Gasteiger partial charge on any atom is 0.156 e. The highest BCUT2D eigenvalue weighted by Crippen LogP contribution is 2.63. The number of hydrogen-bond acceptors (Lipinski definition) is 2. The summed E-state index contributed by atoms with van der Waals surface area (Å²) in [5.74, 6) is 2.35. The van der Waals surface area contributed by atoms with Crippen LogP contribution in [-0.2, 0) is 4.79 Å². The fourth-order valence-electron chi connectivity index (χ4n) is 7.07. The number of allylic oxidation sites excluding steroid dienone is 4. The van der Waals surface area contributed by atoms with E-state index in [2.05, 4.69) is 45.0 Å². The van der Waals surface area contributed by atoms with Crippen molar-refractivity contribution in [2.45, 2.75) is 83.7 Å². The summed E-state index contributed by atoms with van der Waals surface area (Å²) >= 11 is 0. The van der Waals surface area contributed by atoms with Gasteiger partial charge in [0.05, 0.1) is 6.10 Å². The standard InChI is InChI=1S/C27H34O2/c1-16(2)17-5-4-6-18(13-17)23-15-27(3)24(11-12-25(27)29)22-9-7-19-14-20(28)8-10-21(19)26(22)23/h4-6,13-14,16,22-25,29H,7-12,15H2,1-3H3. The van der Waals surface area contributed by atoms with Crippen molar-refractivity contribution in [2.75, 3.05) is 0 Å². The molecule has 29 heavy (non-hydrogen) atoms. The topological polar surface area (TPSA) is 37.3 Å². The Morgan fingerprint density at radius 1 is 1.10 bits per heavy atom. The highest BCUT2D eigenvalue weighted by Gasteiger charge is 2.56. The van der Waals surface area contributed by atoms with Crippen LogP contribution in [0.2, 0.25) is 0 Å². The maximum atomic E-state index is 12.1. The summed E-state index contributed by atoms with van der Waals surface area (Å²) in [5, 5.41) is 11.0. The Hall–Kier alpha value is -1.67. The van der Waals surface area contributed by atoms with Gasteiger partial charge in [0.25, 0.3) is 0 Å². The lowest BCUT2D eigenvalue weighted by molar-refractivity contribution is -0.114. The van der Waals surface area contributed by atoms with Gasteiger partial charge >= 0.3 is 0 Å². The zero-order valence-corrected chi connectivity index (χ0v) is 18.1. The lowest BCUT2D eigenvalue weighted by Crippen LogP contribution is -2.45. The van der Waals surface area contributed by atoms with Gasteiger partial charge in [-0.25, -0.2) is 0 Å². The monoisotopic (exact) mass is 390 g/mol. The largest absolute Gasteiger partial charge is 0.393 e. The molecule has 5 rings (SSSR count). The average Bonchev–Trinajstić information content (AvgIpc) is 3.01. The fourth-order valence-corrected chi connectivity index (χ4v) is 7.07. The molecule has 0 aromatic heterocycles. The maximum absolute atomic E-state index is 12.1. The summed E-state index contributed by atoms with van der Waals surface area (Å²) in [7, 11) is 0. The lowest BCUT2D eigenvalue weighted by atomic mass is 9.53. The van der Waals surface area contributed by atoms with Gasteiger partial charge in [0.1, 0.15) is 0 Å². The Bertz CT molecular complexity index is 905. The van der Waals surface area contributed by atoms with Crippen molar-refractivity contribution in [3.8, 4) is 0 Å². The zero-order chi connectivity index (χ0) is 20.3. The number of aliphatic hydroxyl groups excluding tert-OH is 1. The van der Waals surface area contributed by atoms with E-state index in [9.17, 15) is 9.90 Å². The summed E-state index contributed by atoms with van der Waals surface area (Å²) in [5.41, 5.74) is 7.28. The quantitative estimate of drug-likeness (QED) is 0.665. The molecule has 4 aliphatic rings. The summed E-state index contributed by atoms with van der Waals surface area (Å²) in [6.45, 7) is 6.87. The van der Waals surface area contributed by atoms with E-state index in [1.54, 1.807) is 5.57 Å². The molecule has 2 nitrogen and oxygen atoms in total. The average molecular weight is 391 g/mol. The third-order valence-electron chi connectivity index (χ3n) is 8.66. The molecular formula is C27H34O2. The summed E-state index contributed by atoms with van der Waals surface area (Å²) in [6.07, 6.45) is 8.66. The van der Waals surface area contributed by atoms with Gasteiger partial charge in [0.2, 0.25) is 0 Å². The molecule has 0 aliphatic heterocycles. The Kier molecular flexibility index (Phi) is 4.62. The molecule has 5 unspecified atom stereocenters. The molecule has 0 radical (unpaired) electrons. The summed E-state index contributed by atoms with van der Waals surface area (Å²) < 4.78 is 0. The Morgan fingerprint density at radius 3 is 2.72 bits per heavy atom. The number of benzene rings is 1. The first-order chi connectivity index (χ1) is 13.9.